The smallest absolute Gasteiger partial charge is 0.220 e. The fraction of sp³-hybridized carbons (Fsp3) is 0.778. The van der Waals surface area contributed by atoms with Crippen molar-refractivity contribution in [3.05, 3.63) is 11.9 Å². The lowest BCUT2D eigenvalue weighted by Gasteiger charge is -2.41. The summed E-state index contributed by atoms with van der Waals surface area (Å²) < 4.78 is 10.6. The van der Waals surface area contributed by atoms with Gasteiger partial charge in [-0.2, -0.15) is 9.97 Å². The molecule has 4 rings (SSSR count). The van der Waals surface area contributed by atoms with E-state index in [1.165, 1.54) is 25.7 Å². The second-order valence-electron chi connectivity index (χ2n) is 7.38. The summed E-state index contributed by atoms with van der Waals surface area (Å²) in [5.41, 5.74) is 0. The molecule has 24 heavy (non-hydrogen) atoms. The topological polar surface area (TPSA) is 59.5 Å². The van der Waals surface area contributed by atoms with Crippen molar-refractivity contribution >= 4 is 0 Å². The van der Waals surface area contributed by atoms with Gasteiger partial charge in [0.15, 0.2) is 0 Å². The molecular weight excluding hydrogens is 304 g/mol. The van der Waals surface area contributed by atoms with Crippen LogP contribution in [0.4, 0.5) is 0 Å². The van der Waals surface area contributed by atoms with Crippen LogP contribution in [-0.4, -0.2) is 60.3 Å². The molecular formula is C18H28N4O2. The summed E-state index contributed by atoms with van der Waals surface area (Å²) in [5, 5.41) is 3.74. The molecule has 2 atom stereocenters. The van der Waals surface area contributed by atoms with Crippen molar-refractivity contribution in [2.45, 2.75) is 62.6 Å². The largest absolute Gasteiger partial charge is 0.481 e. The minimum atomic E-state index is 0.406. The lowest BCUT2D eigenvalue weighted by molar-refractivity contribution is 0.109. The highest BCUT2D eigenvalue weighted by Gasteiger charge is 2.37. The van der Waals surface area contributed by atoms with Crippen molar-refractivity contribution in [1.82, 2.24) is 20.2 Å². The molecule has 0 amide bonds. The van der Waals surface area contributed by atoms with Crippen LogP contribution in [0.3, 0.4) is 0 Å². The molecule has 6 nitrogen and oxygen atoms in total. The van der Waals surface area contributed by atoms with E-state index in [-0.39, 0.29) is 0 Å². The van der Waals surface area contributed by atoms with Crippen LogP contribution in [0.2, 0.25) is 0 Å². The molecule has 0 saturated carbocycles. The van der Waals surface area contributed by atoms with E-state index >= 15 is 0 Å². The number of nitrogens with one attached hydrogen (secondary N) is 1. The first-order valence-corrected chi connectivity index (χ1v) is 9.22. The molecule has 3 aliphatic rings. The molecule has 4 heterocycles. The first-order valence-electron chi connectivity index (χ1n) is 9.22. The van der Waals surface area contributed by atoms with E-state index < -0.39 is 0 Å². The Bertz CT molecular complexity index is 540. The highest BCUT2D eigenvalue weighted by Crippen LogP contribution is 2.34. The number of nitrogens with zero attached hydrogens (tertiary/aromatic N) is 3. The summed E-state index contributed by atoms with van der Waals surface area (Å²) in [6, 6.07) is 4.03. The molecule has 0 spiro atoms. The van der Waals surface area contributed by atoms with Gasteiger partial charge in [0.05, 0.1) is 20.3 Å². The monoisotopic (exact) mass is 332 g/mol. The van der Waals surface area contributed by atoms with Gasteiger partial charge in [0.1, 0.15) is 5.82 Å². The Morgan fingerprint density at radius 2 is 1.54 bits per heavy atom. The predicted molar refractivity (Wildman–Crippen MR) is 91.7 cm³/mol. The van der Waals surface area contributed by atoms with Gasteiger partial charge in [-0.25, -0.2) is 0 Å². The zero-order valence-electron chi connectivity index (χ0n) is 14.7. The molecule has 3 aliphatic heterocycles. The second-order valence-corrected chi connectivity index (χ2v) is 7.38. The van der Waals surface area contributed by atoms with E-state index in [1.54, 1.807) is 20.3 Å². The number of hydrogen-bond donors (Lipinski definition) is 1. The summed E-state index contributed by atoms with van der Waals surface area (Å²) in [4.78, 5) is 11.8. The number of rotatable bonds is 4. The summed E-state index contributed by atoms with van der Waals surface area (Å²) in [6.45, 7) is 2.30. The van der Waals surface area contributed by atoms with Gasteiger partial charge >= 0.3 is 0 Å². The van der Waals surface area contributed by atoms with Crippen LogP contribution in [0.5, 0.6) is 11.8 Å². The van der Waals surface area contributed by atoms with Crippen LogP contribution in [0.15, 0.2) is 6.07 Å². The van der Waals surface area contributed by atoms with Gasteiger partial charge in [-0.05, 0) is 51.6 Å². The Labute approximate surface area is 143 Å². The maximum absolute atomic E-state index is 5.29. The van der Waals surface area contributed by atoms with E-state index in [2.05, 4.69) is 20.2 Å². The third-order valence-electron chi connectivity index (χ3n) is 5.97. The molecule has 3 fully saturated rings. The molecule has 2 unspecified atom stereocenters. The molecule has 1 aromatic rings. The van der Waals surface area contributed by atoms with E-state index in [0.717, 1.165) is 49.9 Å². The molecule has 0 aromatic carbocycles. The van der Waals surface area contributed by atoms with Crippen LogP contribution in [-0.2, 0) is 0 Å². The van der Waals surface area contributed by atoms with Gasteiger partial charge in [-0.15, -0.1) is 0 Å². The molecule has 6 heteroatoms. The minimum Gasteiger partial charge on any atom is -0.481 e. The maximum atomic E-state index is 5.29. The van der Waals surface area contributed by atoms with E-state index in [1.807, 2.05) is 0 Å². The zero-order chi connectivity index (χ0) is 16.5. The molecule has 0 aliphatic carbocycles. The number of aromatic nitrogens is 2. The molecule has 3 saturated heterocycles. The minimum absolute atomic E-state index is 0.406. The third kappa shape index (κ3) is 3.22. The average Bonchev–Trinajstić information content (AvgIpc) is 2.99. The van der Waals surface area contributed by atoms with E-state index in [0.29, 0.717) is 17.7 Å². The van der Waals surface area contributed by atoms with Crippen molar-refractivity contribution in [3.8, 4) is 11.8 Å². The molecule has 2 bridgehead atoms. The number of piperidine rings is 2. The predicted octanol–water partition coefficient (Wildman–Crippen LogP) is 1.96. The Morgan fingerprint density at radius 3 is 2.08 bits per heavy atom. The third-order valence-corrected chi connectivity index (χ3v) is 5.97. The number of fused-ring (bicyclic) bond motifs is 2. The van der Waals surface area contributed by atoms with Gasteiger partial charge in [-0.1, -0.05) is 0 Å². The van der Waals surface area contributed by atoms with Crippen molar-refractivity contribution in [2.24, 2.45) is 0 Å². The SMILES string of the molecule is COc1cc(OC)nc(C2CCN(C3CC4CCC(C3)N4)CC2)n1. The highest BCUT2D eigenvalue weighted by atomic mass is 16.5. The van der Waals surface area contributed by atoms with Gasteiger partial charge in [-0.3, -0.25) is 0 Å². The Morgan fingerprint density at radius 1 is 0.958 bits per heavy atom. The van der Waals surface area contributed by atoms with Gasteiger partial charge in [0.25, 0.3) is 0 Å². The van der Waals surface area contributed by atoms with Crippen molar-refractivity contribution in [3.63, 3.8) is 0 Å². The number of methoxy groups -OCH3 is 2. The van der Waals surface area contributed by atoms with Crippen molar-refractivity contribution < 1.29 is 9.47 Å². The summed E-state index contributed by atoms with van der Waals surface area (Å²) >= 11 is 0. The molecule has 1 aromatic heterocycles. The first-order chi connectivity index (χ1) is 11.7. The normalized spacial score (nSPS) is 31.2. The van der Waals surface area contributed by atoms with Crippen LogP contribution in [0, 0.1) is 0 Å². The van der Waals surface area contributed by atoms with Crippen LogP contribution >= 0.6 is 0 Å². The van der Waals surface area contributed by atoms with E-state index in [4.69, 9.17) is 9.47 Å². The average molecular weight is 332 g/mol. The Hall–Kier alpha value is -1.40. The Kier molecular flexibility index (Phi) is 4.59. The standard InChI is InChI=1S/C18H28N4O2/c1-23-16-11-17(24-2)21-18(20-16)12-5-7-22(8-6-12)15-9-13-3-4-14(10-15)19-13/h11-15,19H,3-10H2,1-2H3. The summed E-state index contributed by atoms with van der Waals surface area (Å²) in [7, 11) is 3.28. The number of likely N-dealkylation sites (tertiary alicyclic amines) is 1. The van der Waals surface area contributed by atoms with Crippen molar-refractivity contribution in [2.75, 3.05) is 27.3 Å². The highest BCUT2D eigenvalue weighted by molar-refractivity contribution is 5.22. The fourth-order valence-corrected chi connectivity index (χ4v) is 4.66. The van der Waals surface area contributed by atoms with Crippen molar-refractivity contribution in [1.29, 1.82) is 0 Å². The van der Waals surface area contributed by atoms with Crippen LogP contribution in [0.1, 0.15) is 50.3 Å². The lowest BCUT2D eigenvalue weighted by Crippen LogP contribution is -2.50. The summed E-state index contributed by atoms with van der Waals surface area (Å²) in [5.74, 6) is 2.46. The van der Waals surface area contributed by atoms with Gasteiger partial charge < -0.3 is 19.7 Å². The van der Waals surface area contributed by atoms with Crippen LogP contribution in [0.25, 0.3) is 0 Å². The lowest BCUT2D eigenvalue weighted by atomic mass is 9.91. The fourth-order valence-electron chi connectivity index (χ4n) is 4.66. The summed E-state index contributed by atoms with van der Waals surface area (Å²) in [6.07, 6.45) is 7.63. The second kappa shape index (κ2) is 6.84. The maximum Gasteiger partial charge on any atom is 0.220 e. The van der Waals surface area contributed by atoms with Crippen LogP contribution < -0.4 is 14.8 Å². The van der Waals surface area contributed by atoms with Gasteiger partial charge in [0.2, 0.25) is 11.8 Å². The molecule has 132 valence electrons. The first kappa shape index (κ1) is 16.1. The quantitative estimate of drug-likeness (QED) is 0.909. The van der Waals surface area contributed by atoms with E-state index in [9.17, 15) is 0 Å². The molecule has 0 radical (unpaired) electrons. The molecule has 1 N–H and O–H groups in total. The number of hydrogen-bond acceptors (Lipinski definition) is 6. The number of ether oxygens (including phenoxy) is 2. The zero-order valence-corrected chi connectivity index (χ0v) is 14.7. The van der Waals surface area contributed by atoms with Gasteiger partial charge in [0, 0.05) is 24.0 Å². The Balaban J connectivity index is 1.39.